The van der Waals surface area contributed by atoms with E-state index in [1.54, 1.807) is 28.8 Å². The van der Waals surface area contributed by atoms with Gasteiger partial charge < -0.3 is 9.47 Å². The fourth-order valence-corrected chi connectivity index (χ4v) is 3.41. The van der Waals surface area contributed by atoms with Crippen LogP contribution >= 0.6 is 11.8 Å². The van der Waals surface area contributed by atoms with Crippen LogP contribution in [0.5, 0.6) is 11.5 Å². The van der Waals surface area contributed by atoms with Gasteiger partial charge in [-0.25, -0.2) is 9.37 Å². The number of carbonyl (C=O) groups is 2. The van der Waals surface area contributed by atoms with Gasteiger partial charge in [-0.2, -0.15) is 0 Å². The van der Waals surface area contributed by atoms with Crippen molar-refractivity contribution < 1.29 is 23.5 Å². The highest BCUT2D eigenvalue weighted by Gasteiger charge is 2.19. The molecule has 0 aliphatic heterocycles. The van der Waals surface area contributed by atoms with Gasteiger partial charge in [0.15, 0.2) is 16.7 Å². The van der Waals surface area contributed by atoms with Gasteiger partial charge in [0.05, 0.1) is 19.9 Å². The van der Waals surface area contributed by atoms with Crippen LogP contribution in [0.15, 0.2) is 53.8 Å². The van der Waals surface area contributed by atoms with Gasteiger partial charge in [-0.1, -0.05) is 18.7 Å². The lowest BCUT2D eigenvalue weighted by molar-refractivity contribution is 0.0842. The molecule has 32 heavy (non-hydrogen) atoms. The smallest absolute Gasteiger partial charge is 0.288 e. The lowest BCUT2D eigenvalue weighted by Crippen LogP contribution is -2.42. The molecule has 1 aromatic heterocycles. The third-order valence-corrected chi connectivity index (χ3v) is 5.06. The van der Waals surface area contributed by atoms with Crippen LogP contribution in [0.4, 0.5) is 4.39 Å². The number of hydrogen-bond acceptors (Lipinski definition) is 6. The molecule has 0 spiro atoms. The molecule has 0 saturated heterocycles. The number of carbonyl (C=O) groups excluding carboxylic acids is 2. The van der Waals surface area contributed by atoms with E-state index in [9.17, 15) is 14.0 Å². The number of aromatic nitrogens is 2. The maximum atomic E-state index is 13.3. The first-order valence-electron chi connectivity index (χ1n) is 9.77. The molecule has 2 amide bonds. The Morgan fingerprint density at radius 2 is 1.81 bits per heavy atom. The number of methoxy groups -OCH3 is 1. The molecule has 2 N–H and O–H groups in total. The Morgan fingerprint density at radius 1 is 1.09 bits per heavy atom. The van der Waals surface area contributed by atoms with Crippen molar-refractivity contribution in [2.75, 3.05) is 20.0 Å². The number of amides is 2. The topological polar surface area (TPSA) is 94.5 Å². The molecule has 0 atom stereocenters. The minimum absolute atomic E-state index is 0.183. The molecule has 0 aliphatic carbocycles. The van der Waals surface area contributed by atoms with Crippen molar-refractivity contribution in [2.45, 2.75) is 18.5 Å². The molecule has 0 saturated carbocycles. The number of hydrazine groups is 1. The van der Waals surface area contributed by atoms with Crippen LogP contribution in [-0.4, -0.2) is 41.3 Å². The molecule has 2 aromatic carbocycles. The van der Waals surface area contributed by atoms with E-state index in [-0.39, 0.29) is 17.1 Å². The second kappa shape index (κ2) is 10.7. The van der Waals surface area contributed by atoms with Crippen LogP contribution in [0.3, 0.4) is 0 Å². The molecule has 0 aliphatic rings. The van der Waals surface area contributed by atoms with Gasteiger partial charge in [-0.05, 0) is 55.1 Å². The number of halogens is 1. The summed E-state index contributed by atoms with van der Waals surface area (Å²) in [7, 11) is 1.48. The molecule has 10 heteroatoms. The summed E-state index contributed by atoms with van der Waals surface area (Å²) in [4.78, 5) is 29.5. The molecule has 8 nitrogen and oxygen atoms in total. The Labute approximate surface area is 189 Å². The zero-order valence-corrected chi connectivity index (χ0v) is 18.7. The Hall–Kier alpha value is -3.53. The first kappa shape index (κ1) is 23.1. The van der Waals surface area contributed by atoms with Crippen molar-refractivity contribution in [3.63, 3.8) is 0 Å². The highest BCUT2D eigenvalue weighted by atomic mass is 32.2. The maximum absolute atomic E-state index is 13.3. The first-order chi connectivity index (χ1) is 15.5. The van der Waals surface area contributed by atoms with Crippen LogP contribution in [-0.2, 0) is 0 Å². The van der Waals surface area contributed by atoms with E-state index >= 15 is 0 Å². The molecule has 0 radical (unpaired) electrons. The van der Waals surface area contributed by atoms with Gasteiger partial charge in [-0.15, -0.1) is 0 Å². The van der Waals surface area contributed by atoms with E-state index in [4.69, 9.17) is 9.47 Å². The van der Waals surface area contributed by atoms with E-state index in [0.717, 1.165) is 6.42 Å². The summed E-state index contributed by atoms with van der Waals surface area (Å²) in [5.41, 5.74) is 5.80. The average molecular weight is 459 g/mol. The fourth-order valence-electron chi connectivity index (χ4n) is 2.87. The van der Waals surface area contributed by atoms with Crippen molar-refractivity contribution in [1.82, 2.24) is 20.4 Å². The lowest BCUT2D eigenvalue weighted by atomic mass is 10.2. The zero-order chi connectivity index (χ0) is 23.1. The SMILES string of the molecule is CCCOc1ccc(C(=O)NNC(=O)c2cnc(SC)n2-c2ccc(F)cc2)cc1OC. The first-order valence-corrected chi connectivity index (χ1v) is 11.0. The number of nitrogens with one attached hydrogen (secondary N) is 2. The largest absolute Gasteiger partial charge is 0.493 e. The molecule has 0 unspecified atom stereocenters. The number of rotatable bonds is 8. The second-order valence-corrected chi connectivity index (χ2v) is 7.34. The Bertz CT molecular complexity index is 1100. The Kier molecular flexibility index (Phi) is 7.72. The van der Waals surface area contributed by atoms with Gasteiger partial charge in [-0.3, -0.25) is 25.0 Å². The number of ether oxygens (including phenoxy) is 2. The van der Waals surface area contributed by atoms with Gasteiger partial charge in [0.25, 0.3) is 11.8 Å². The van der Waals surface area contributed by atoms with Gasteiger partial charge in [0, 0.05) is 11.3 Å². The van der Waals surface area contributed by atoms with Crippen molar-refractivity contribution in [2.24, 2.45) is 0 Å². The van der Waals surface area contributed by atoms with Crippen molar-refractivity contribution in [3.8, 4) is 17.2 Å². The predicted molar refractivity (Wildman–Crippen MR) is 119 cm³/mol. The second-order valence-electron chi connectivity index (χ2n) is 6.56. The van der Waals surface area contributed by atoms with E-state index in [1.807, 2.05) is 13.2 Å². The van der Waals surface area contributed by atoms with E-state index in [1.165, 1.54) is 43.3 Å². The molecule has 0 fully saturated rings. The Morgan fingerprint density at radius 3 is 2.47 bits per heavy atom. The lowest BCUT2D eigenvalue weighted by Gasteiger charge is -2.13. The minimum atomic E-state index is -0.578. The number of hydrogen-bond donors (Lipinski definition) is 2. The fraction of sp³-hybridized carbons (Fsp3) is 0.227. The molecular weight excluding hydrogens is 435 g/mol. The summed E-state index contributed by atoms with van der Waals surface area (Å²) in [6.45, 7) is 2.51. The monoisotopic (exact) mass is 458 g/mol. The van der Waals surface area contributed by atoms with Crippen LogP contribution < -0.4 is 20.3 Å². The number of nitrogens with zero attached hydrogens (tertiary/aromatic N) is 2. The summed E-state index contributed by atoms with van der Waals surface area (Å²) < 4.78 is 25.8. The highest BCUT2D eigenvalue weighted by Crippen LogP contribution is 2.28. The normalized spacial score (nSPS) is 10.5. The van der Waals surface area contributed by atoms with Crippen LogP contribution in [0, 0.1) is 5.82 Å². The number of thioether (sulfide) groups is 1. The molecule has 3 rings (SSSR count). The van der Waals surface area contributed by atoms with E-state index in [0.29, 0.717) is 28.9 Å². The summed E-state index contributed by atoms with van der Waals surface area (Å²) in [6.07, 6.45) is 4.04. The summed E-state index contributed by atoms with van der Waals surface area (Å²) in [5.74, 6) is -0.555. The van der Waals surface area contributed by atoms with Gasteiger partial charge in [0.1, 0.15) is 11.5 Å². The maximum Gasteiger partial charge on any atom is 0.288 e. The Balaban J connectivity index is 1.74. The number of imidazole rings is 1. The minimum Gasteiger partial charge on any atom is -0.493 e. The number of benzene rings is 2. The molecule has 3 aromatic rings. The van der Waals surface area contributed by atoms with Crippen molar-refractivity contribution in [3.05, 3.63) is 65.7 Å². The quantitative estimate of drug-likeness (QED) is 0.396. The van der Waals surface area contributed by atoms with Crippen molar-refractivity contribution >= 4 is 23.6 Å². The van der Waals surface area contributed by atoms with Crippen molar-refractivity contribution in [1.29, 1.82) is 0 Å². The molecular formula is C22H23FN4O4S. The third kappa shape index (κ3) is 5.20. The molecule has 1 heterocycles. The van der Waals surface area contributed by atoms with E-state index < -0.39 is 11.8 Å². The summed E-state index contributed by atoms with van der Waals surface area (Å²) in [5, 5.41) is 0.542. The standard InChI is InChI=1S/C22H23FN4O4S/c1-4-11-31-18-10-5-14(12-19(18)30-2)20(28)25-26-21(29)17-13-24-22(32-3)27(17)16-8-6-15(23)7-9-16/h5-10,12-13H,4,11H2,1-3H3,(H,25,28)(H,26,29). The molecule has 168 valence electrons. The van der Waals surface area contributed by atoms with Crippen LogP contribution in [0.25, 0.3) is 5.69 Å². The van der Waals surface area contributed by atoms with Crippen LogP contribution in [0.2, 0.25) is 0 Å². The van der Waals surface area contributed by atoms with E-state index in [2.05, 4.69) is 15.8 Å². The summed E-state index contributed by atoms with van der Waals surface area (Å²) >= 11 is 1.33. The average Bonchev–Trinajstić information content (AvgIpc) is 3.25. The third-order valence-electron chi connectivity index (χ3n) is 4.41. The molecule has 0 bridgehead atoms. The van der Waals surface area contributed by atoms with Crippen LogP contribution in [0.1, 0.15) is 34.2 Å². The van der Waals surface area contributed by atoms with Gasteiger partial charge in [0.2, 0.25) is 0 Å². The zero-order valence-electron chi connectivity index (χ0n) is 17.8. The summed E-state index contributed by atoms with van der Waals surface area (Å²) in [6, 6.07) is 10.4. The van der Waals surface area contributed by atoms with Gasteiger partial charge >= 0.3 is 0 Å². The highest BCUT2D eigenvalue weighted by molar-refractivity contribution is 7.98. The predicted octanol–water partition coefficient (Wildman–Crippen LogP) is 3.61.